The van der Waals surface area contributed by atoms with Gasteiger partial charge < -0.3 is 24.1 Å². The number of aliphatic hydroxyl groups excluding tert-OH is 1. The van der Waals surface area contributed by atoms with Crippen molar-refractivity contribution in [3.8, 4) is 23.0 Å². The van der Waals surface area contributed by atoms with Gasteiger partial charge in [0.05, 0.1) is 32.1 Å². The van der Waals surface area contributed by atoms with Gasteiger partial charge in [-0.05, 0) is 55.2 Å². The highest BCUT2D eigenvalue weighted by Gasteiger charge is 2.44. The van der Waals surface area contributed by atoms with Crippen LogP contribution in [0.25, 0.3) is 0 Å². The number of nitrogens with zero attached hydrogens (tertiary/aromatic N) is 1. The summed E-state index contributed by atoms with van der Waals surface area (Å²) in [6.45, 7) is 0. The number of hydrogen-bond acceptors (Lipinski definition) is 6. The molecule has 2 aliphatic heterocycles. The zero-order valence-electron chi connectivity index (χ0n) is 16.5. The van der Waals surface area contributed by atoms with E-state index in [4.69, 9.17) is 14.5 Å². The number of benzene rings is 2. The number of methoxy groups -OCH3 is 2. The molecule has 0 saturated heterocycles. The van der Waals surface area contributed by atoms with Crippen LogP contribution < -0.4 is 18.9 Å². The summed E-state index contributed by atoms with van der Waals surface area (Å²) >= 11 is 0. The Morgan fingerprint density at radius 2 is 1.77 bits per heavy atom. The Hall–Kier alpha value is -2.87. The van der Waals surface area contributed by atoms with Gasteiger partial charge in [-0.15, -0.1) is 8.78 Å². The smallest absolute Gasteiger partial charge is 0.493 e. The van der Waals surface area contributed by atoms with Gasteiger partial charge >= 0.3 is 6.29 Å². The van der Waals surface area contributed by atoms with Crippen LogP contribution in [0.4, 0.5) is 8.78 Å². The number of alkyl halides is 2. The lowest BCUT2D eigenvalue weighted by Gasteiger charge is -2.37. The van der Waals surface area contributed by atoms with Crippen LogP contribution in [0.3, 0.4) is 0 Å². The molecule has 2 aromatic rings. The van der Waals surface area contributed by atoms with Crippen LogP contribution in [0.1, 0.15) is 41.9 Å². The summed E-state index contributed by atoms with van der Waals surface area (Å²) in [5, 5.41) is 10.2. The lowest BCUT2D eigenvalue weighted by atomic mass is 9.74. The number of ether oxygens (including phenoxy) is 4. The van der Waals surface area contributed by atoms with Crippen LogP contribution >= 0.6 is 0 Å². The van der Waals surface area contributed by atoms with Crippen LogP contribution in [0.5, 0.6) is 23.0 Å². The van der Waals surface area contributed by atoms with Gasteiger partial charge in [-0.1, -0.05) is 0 Å². The second kappa shape index (κ2) is 6.84. The van der Waals surface area contributed by atoms with Gasteiger partial charge in [-0.3, -0.25) is 4.99 Å². The van der Waals surface area contributed by atoms with Crippen molar-refractivity contribution in [2.75, 3.05) is 14.2 Å². The number of hydrogen-bond donors (Lipinski definition) is 1. The number of fused-ring (bicyclic) bond motifs is 4. The van der Waals surface area contributed by atoms with Crippen molar-refractivity contribution in [2.45, 2.75) is 43.6 Å². The molecule has 3 aliphatic rings. The first kappa shape index (κ1) is 19.1. The maximum atomic E-state index is 13.5. The van der Waals surface area contributed by atoms with Crippen LogP contribution in [-0.2, 0) is 0 Å². The van der Waals surface area contributed by atoms with E-state index in [9.17, 15) is 13.9 Å². The van der Waals surface area contributed by atoms with Crippen molar-refractivity contribution < 1.29 is 32.8 Å². The zero-order chi connectivity index (χ0) is 21.0. The Labute approximate surface area is 172 Å². The van der Waals surface area contributed by atoms with Crippen molar-refractivity contribution in [3.63, 3.8) is 0 Å². The van der Waals surface area contributed by atoms with Crippen molar-refractivity contribution in [1.82, 2.24) is 0 Å². The zero-order valence-corrected chi connectivity index (χ0v) is 16.5. The Kier molecular flexibility index (Phi) is 4.36. The van der Waals surface area contributed by atoms with Gasteiger partial charge in [0.25, 0.3) is 0 Å². The van der Waals surface area contributed by atoms with Crippen LogP contribution in [-0.4, -0.2) is 43.5 Å². The number of aliphatic imine (C=N–C) groups is 1. The van der Waals surface area contributed by atoms with Gasteiger partial charge in [0.1, 0.15) is 0 Å². The first-order chi connectivity index (χ1) is 14.4. The molecule has 2 heterocycles. The standard InChI is InChI=1S/C22H21F2NO5/c1-27-18-9-13-14-8-12(26)4-5-16(14)25-21(15(13)10-19(18)28-2)11-3-6-17-20(7-11)30-22(23,24)29-17/h3,6-7,9-10,12,14,16,26H,4-5,8H2,1-2H3. The van der Waals surface area contributed by atoms with Crippen molar-refractivity contribution in [3.05, 3.63) is 47.0 Å². The molecule has 1 fully saturated rings. The van der Waals surface area contributed by atoms with E-state index in [0.29, 0.717) is 35.6 Å². The maximum Gasteiger partial charge on any atom is 0.586 e. The molecule has 158 valence electrons. The van der Waals surface area contributed by atoms with Gasteiger partial charge in [0.2, 0.25) is 0 Å². The van der Waals surface area contributed by atoms with E-state index in [1.54, 1.807) is 20.3 Å². The van der Waals surface area contributed by atoms with Crippen LogP contribution in [0.15, 0.2) is 35.3 Å². The van der Waals surface area contributed by atoms with E-state index in [1.807, 2.05) is 12.1 Å². The minimum absolute atomic E-state index is 0.00800. The summed E-state index contributed by atoms with van der Waals surface area (Å²) in [7, 11) is 3.13. The molecule has 0 aromatic heterocycles. The number of halogens is 2. The minimum atomic E-state index is -3.67. The lowest BCUT2D eigenvalue weighted by molar-refractivity contribution is -0.286. The molecular weight excluding hydrogens is 396 g/mol. The van der Waals surface area contributed by atoms with Gasteiger partial charge in [0.15, 0.2) is 23.0 Å². The Balaban J connectivity index is 1.65. The summed E-state index contributed by atoms with van der Waals surface area (Å²) in [6, 6.07) is 8.45. The van der Waals surface area contributed by atoms with Gasteiger partial charge in [-0.25, -0.2) is 0 Å². The average Bonchev–Trinajstić information content (AvgIpc) is 3.05. The molecule has 6 nitrogen and oxygen atoms in total. The van der Waals surface area contributed by atoms with E-state index in [2.05, 4.69) is 9.47 Å². The van der Waals surface area contributed by atoms with Crippen molar-refractivity contribution in [1.29, 1.82) is 0 Å². The molecule has 5 rings (SSSR count). The molecule has 2 aromatic carbocycles. The van der Waals surface area contributed by atoms with Crippen LogP contribution in [0.2, 0.25) is 0 Å². The van der Waals surface area contributed by atoms with E-state index < -0.39 is 6.29 Å². The molecule has 8 heteroatoms. The second-order valence-electron chi connectivity index (χ2n) is 7.74. The molecule has 0 bridgehead atoms. The molecule has 30 heavy (non-hydrogen) atoms. The normalized spacial score (nSPS) is 25.8. The molecule has 1 saturated carbocycles. The highest BCUT2D eigenvalue weighted by molar-refractivity contribution is 6.15. The van der Waals surface area contributed by atoms with Gasteiger partial charge in [-0.2, -0.15) is 0 Å². The topological polar surface area (TPSA) is 69.5 Å². The maximum absolute atomic E-state index is 13.5. The molecule has 1 aliphatic carbocycles. The fourth-order valence-electron chi connectivity index (χ4n) is 4.59. The average molecular weight is 417 g/mol. The van der Waals surface area contributed by atoms with Crippen molar-refractivity contribution in [2.24, 2.45) is 4.99 Å². The third kappa shape index (κ3) is 3.06. The van der Waals surface area contributed by atoms with E-state index in [1.165, 1.54) is 12.1 Å². The summed E-state index contributed by atoms with van der Waals surface area (Å²) in [4.78, 5) is 4.97. The van der Waals surface area contributed by atoms with Crippen molar-refractivity contribution >= 4 is 5.71 Å². The largest absolute Gasteiger partial charge is 0.586 e. The summed E-state index contributed by atoms with van der Waals surface area (Å²) in [5.74, 6) is 1.16. The molecule has 3 unspecified atom stereocenters. The SMILES string of the molecule is COc1cc2c(cc1OC)C1CC(O)CCC1N=C2c1ccc2c(c1)OC(F)(F)O2. The second-order valence-corrected chi connectivity index (χ2v) is 7.74. The Morgan fingerprint density at radius 3 is 2.53 bits per heavy atom. The molecule has 0 amide bonds. The lowest BCUT2D eigenvalue weighted by Crippen LogP contribution is -2.34. The summed E-state index contributed by atoms with van der Waals surface area (Å²) in [6.07, 6.45) is -2.03. The molecular formula is C22H21F2NO5. The number of rotatable bonds is 3. The van der Waals surface area contributed by atoms with E-state index in [0.717, 1.165) is 17.5 Å². The summed E-state index contributed by atoms with van der Waals surface area (Å²) in [5.41, 5.74) is 3.15. The third-order valence-corrected chi connectivity index (χ3v) is 5.97. The van der Waals surface area contributed by atoms with E-state index in [-0.39, 0.29) is 29.6 Å². The Bertz CT molecular complexity index is 1040. The summed E-state index contributed by atoms with van der Waals surface area (Å²) < 4.78 is 47.0. The van der Waals surface area contributed by atoms with Gasteiger partial charge in [0, 0.05) is 17.0 Å². The predicted molar refractivity (Wildman–Crippen MR) is 104 cm³/mol. The third-order valence-electron chi connectivity index (χ3n) is 5.97. The minimum Gasteiger partial charge on any atom is -0.493 e. The number of aliphatic hydroxyl groups is 1. The first-order valence-electron chi connectivity index (χ1n) is 9.81. The fraction of sp³-hybridized carbons (Fsp3) is 0.409. The quantitative estimate of drug-likeness (QED) is 0.821. The molecule has 3 atom stereocenters. The highest BCUT2D eigenvalue weighted by atomic mass is 19.3. The monoisotopic (exact) mass is 417 g/mol. The highest BCUT2D eigenvalue weighted by Crippen LogP contribution is 2.46. The van der Waals surface area contributed by atoms with Crippen LogP contribution in [0, 0.1) is 0 Å². The fourth-order valence-corrected chi connectivity index (χ4v) is 4.59. The predicted octanol–water partition coefficient (Wildman–Crippen LogP) is 3.87. The molecule has 1 N–H and O–H groups in total. The van der Waals surface area contributed by atoms with E-state index >= 15 is 0 Å². The Morgan fingerprint density at radius 1 is 1.03 bits per heavy atom. The molecule has 0 radical (unpaired) electrons. The molecule has 0 spiro atoms. The first-order valence-corrected chi connectivity index (χ1v) is 9.81.